The van der Waals surface area contributed by atoms with Crippen LogP contribution in [0.5, 0.6) is 0 Å². The molecule has 5 nitrogen and oxygen atoms in total. The molecule has 0 bridgehead atoms. The first-order valence-corrected chi connectivity index (χ1v) is 9.26. The Kier molecular flexibility index (Phi) is 6.93. The van der Waals surface area contributed by atoms with Crippen LogP contribution in [0.4, 0.5) is 14.5 Å². The minimum atomic E-state index is -3.68. The summed E-state index contributed by atoms with van der Waals surface area (Å²) in [6.07, 6.45) is 2.36. The normalized spacial score (nSPS) is 11.6. The number of hydrogen-bond donors (Lipinski definition) is 1. The maximum atomic E-state index is 13.3. The SMILES string of the molecule is CCC(CC)C(=O)NCCN(c1ccc(F)c(F)c1)S(C)(=O)=O. The highest BCUT2D eigenvalue weighted by Gasteiger charge is 2.20. The van der Waals surface area contributed by atoms with Crippen molar-refractivity contribution in [3.63, 3.8) is 0 Å². The number of nitrogens with one attached hydrogen (secondary N) is 1. The first-order valence-electron chi connectivity index (χ1n) is 7.41. The van der Waals surface area contributed by atoms with E-state index < -0.39 is 21.7 Å². The smallest absolute Gasteiger partial charge is 0.232 e. The second-order valence-electron chi connectivity index (χ2n) is 5.24. The summed E-state index contributed by atoms with van der Waals surface area (Å²) >= 11 is 0. The van der Waals surface area contributed by atoms with E-state index >= 15 is 0 Å². The van der Waals surface area contributed by atoms with Crippen molar-refractivity contribution in [3.05, 3.63) is 29.8 Å². The summed E-state index contributed by atoms with van der Waals surface area (Å²) in [5.41, 5.74) is 0.0168. The van der Waals surface area contributed by atoms with Gasteiger partial charge in [-0.05, 0) is 25.0 Å². The molecule has 1 rings (SSSR count). The Labute approximate surface area is 135 Å². The maximum Gasteiger partial charge on any atom is 0.232 e. The highest BCUT2D eigenvalue weighted by Crippen LogP contribution is 2.20. The lowest BCUT2D eigenvalue weighted by Crippen LogP contribution is -2.40. The number of benzene rings is 1. The van der Waals surface area contributed by atoms with E-state index in [1.54, 1.807) is 0 Å². The predicted molar refractivity (Wildman–Crippen MR) is 85.6 cm³/mol. The number of sulfonamides is 1. The lowest BCUT2D eigenvalue weighted by atomic mass is 10.0. The molecule has 0 aromatic heterocycles. The molecule has 0 saturated carbocycles. The third kappa shape index (κ3) is 5.46. The van der Waals surface area contributed by atoms with E-state index in [9.17, 15) is 22.0 Å². The minimum Gasteiger partial charge on any atom is -0.354 e. The Hall–Kier alpha value is -1.70. The minimum absolute atomic E-state index is 0.0168. The van der Waals surface area contributed by atoms with Crippen molar-refractivity contribution < 1.29 is 22.0 Å². The molecular weight excluding hydrogens is 326 g/mol. The van der Waals surface area contributed by atoms with Gasteiger partial charge in [0.25, 0.3) is 0 Å². The Bertz CT molecular complexity index is 646. The molecule has 0 aliphatic carbocycles. The van der Waals surface area contributed by atoms with E-state index in [1.807, 2.05) is 13.8 Å². The van der Waals surface area contributed by atoms with E-state index in [2.05, 4.69) is 5.32 Å². The van der Waals surface area contributed by atoms with Crippen LogP contribution in [0.3, 0.4) is 0 Å². The van der Waals surface area contributed by atoms with Gasteiger partial charge in [0.2, 0.25) is 15.9 Å². The standard InChI is InChI=1S/C15H22F2N2O3S/c1-4-11(5-2)15(20)18-8-9-19(23(3,21)22)12-6-7-13(16)14(17)10-12/h6-7,10-11H,4-5,8-9H2,1-3H3,(H,18,20). The Morgan fingerprint density at radius 1 is 1.22 bits per heavy atom. The van der Waals surface area contributed by atoms with E-state index in [0.717, 1.165) is 22.7 Å². The average Bonchev–Trinajstić information content (AvgIpc) is 2.47. The van der Waals surface area contributed by atoms with Crippen LogP contribution in [0.1, 0.15) is 26.7 Å². The Morgan fingerprint density at radius 2 is 1.83 bits per heavy atom. The number of hydrogen-bond acceptors (Lipinski definition) is 3. The van der Waals surface area contributed by atoms with Gasteiger partial charge in [0.05, 0.1) is 18.5 Å². The van der Waals surface area contributed by atoms with Crippen molar-refractivity contribution in [3.8, 4) is 0 Å². The number of nitrogens with zero attached hydrogens (tertiary/aromatic N) is 1. The lowest BCUT2D eigenvalue weighted by Gasteiger charge is -2.23. The van der Waals surface area contributed by atoms with E-state index in [4.69, 9.17) is 0 Å². The quantitative estimate of drug-likeness (QED) is 0.784. The average molecular weight is 348 g/mol. The molecule has 0 radical (unpaired) electrons. The summed E-state index contributed by atoms with van der Waals surface area (Å²) in [6, 6.07) is 2.87. The van der Waals surface area contributed by atoms with Gasteiger partial charge in [-0.25, -0.2) is 17.2 Å². The van der Waals surface area contributed by atoms with Crippen molar-refractivity contribution in [1.82, 2.24) is 5.32 Å². The van der Waals surface area contributed by atoms with Crippen molar-refractivity contribution in [1.29, 1.82) is 0 Å². The first kappa shape index (κ1) is 19.3. The Morgan fingerprint density at radius 3 is 2.30 bits per heavy atom. The third-order valence-corrected chi connectivity index (χ3v) is 4.76. The molecule has 1 amide bonds. The highest BCUT2D eigenvalue weighted by atomic mass is 32.2. The van der Waals surface area contributed by atoms with Gasteiger partial charge >= 0.3 is 0 Å². The van der Waals surface area contributed by atoms with Crippen molar-refractivity contribution in [2.75, 3.05) is 23.7 Å². The molecule has 130 valence electrons. The zero-order chi connectivity index (χ0) is 17.6. The van der Waals surface area contributed by atoms with Gasteiger partial charge < -0.3 is 5.32 Å². The number of halogens is 2. The molecule has 1 N–H and O–H groups in total. The molecule has 8 heteroatoms. The summed E-state index contributed by atoms with van der Waals surface area (Å²) in [7, 11) is -3.68. The molecule has 0 aliphatic heterocycles. The molecule has 0 aliphatic rings. The largest absolute Gasteiger partial charge is 0.354 e. The molecule has 1 aromatic carbocycles. The van der Waals surface area contributed by atoms with Gasteiger partial charge in [-0.3, -0.25) is 9.10 Å². The summed E-state index contributed by atoms with van der Waals surface area (Å²) in [5, 5.41) is 2.67. The van der Waals surface area contributed by atoms with Crippen LogP contribution < -0.4 is 9.62 Å². The second-order valence-corrected chi connectivity index (χ2v) is 7.14. The van der Waals surface area contributed by atoms with Gasteiger partial charge in [-0.1, -0.05) is 13.8 Å². The number of carbonyl (C=O) groups excluding carboxylic acids is 1. The molecule has 0 heterocycles. The molecule has 0 spiro atoms. The van der Waals surface area contributed by atoms with Crippen LogP contribution >= 0.6 is 0 Å². The number of anilines is 1. The summed E-state index contributed by atoms with van der Waals surface area (Å²) in [5.74, 6) is -2.44. The zero-order valence-corrected chi connectivity index (χ0v) is 14.3. The van der Waals surface area contributed by atoms with Gasteiger partial charge in [0, 0.05) is 18.5 Å². The predicted octanol–water partition coefficient (Wildman–Crippen LogP) is 2.28. The summed E-state index contributed by atoms with van der Waals surface area (Å²) < 4.78 is 50.9. The van der Waals surface area contributed by atoms with Crippen molar-refractivity contribution in [2.45, 2.75) is 26.7 Å². The Balaban J connectivity index is 2.82. The molecule has 0 saturated heterocycles. The van der Waals surface area contributed by atoms with Crippen LogP contribution in [0, 0.1) is 17.6 Å². The number of carbonyl (C=O) groups is 1. The summed E-state index contributed by atoms with van der Waals surface area (Å²) in [6.45, 7) is 3.83. The maximum absolute atomic E-state index is 13.3. The number of amides is 1. The molecule has 0 fully saturated rings. The highest BCUT2D eigenvalue weighted by molar-refractivity contribution is 7.92. The lowest BCUT2D eigenvalue weighted by molar-refractivity contribution is -0.125. The molecule has 23 heavy (non-hydrogen) atoms. The fourth-order valence-electron chi connectivity index (χ4n) is 2.21. The van der Waals surface area contributed by atoms with Crippen LogP contribution in [0.2, 0.25) is 0 Å². The second kappa shape index (κ2) is 8.24. The van der Waals surface area contributed by atoms with E-state index in [-0.39, 0.29) is 30.6 Å². The molecule has 1 aromatic rings. The van der Waals surface area contributed by atoms with Crippen LogP contribution in [0.25, 0.3) is 0 Å². The fraction of sp³-hybridized carbons (Fsp3) is 0.533. The topological polar surface area (TPSA) is 66.5 Å². The van der Waals surface area contributed by atoms with E-state index in [0.29, 0.717) is 12.8 Å². The van der Waals surface area contributed by atoms with Gasteiger partial charge in [0.15, 0.2) is 11.6 Å². The molecular formula is C15H22F2N2O3S. The summed E-state index contributed by atoms with van der Waals surface area (Å²) in [4.78, 5) is 11.9. The monoisotopic (exact) mass is 348 g/mol. The van der Waals surface area contributed by atoms with Crippen LogP contribution in [-0.4, -0.2) is 33.7 Å². The van der Waals surface area contributed by atoms with Crippen molar-refractivity contribution in [2.24, 2.45) is 5.92 Å². The molecule has 0 atom stereocenters. The van der Waals surface area contributed by atoms with Crippen molar-refractivity contribution >= 4 is 21.6 Å². The van der Waals surface area contributed by atoms with Crippen LogP contribution in [-0.2, 0) is 14.8 Å². The number of rotatable bonds is 8. The van der Waals surface area contributed by atoms with Crippen LogP contribution in [0.15, 0.2) is 18.2 Å². The fourth-order valence-corrected chi connectivity index (χ4v) is 3.13. The molecule has 0 unspecified atom stereocenters. The van der Waals surface area contributed by atoms with Gasteiger partial charge in [0.1, 0.15) is 0 Å². The van der Waals surface area contributed by atoms with Gasteiger partial charge in [-0.15, -0.1) is 0 Å². The van der Waals surface area contributed by atoms with Gasteiger partial charge in [-0.2, -0.15) is 0 Å². The zero-order valence-electron chi connectivity index (χ0n) is 13.5. The first-order chi connectivity index (χ1) is 10.7. The van der Waals surface area contributed by atoms with E-state index in [1.165, 1.54) is 6.07 Å². The third-order valence-electron chi connectivity index (χ3n) is 3.56.